The summed E-state index contributed by atoms with van der Waals surface area (Å²) in [6, 6.07) is 0. The van der Waals surface area contributed by atoms with Crippen LogP contribution in [0.15, 0.2) is 0 Å². The van der Waals surface area contributed by atoms with Crippen molar-refractivity contribution in [3.63, 3.8) is 0 Å². The van der Waals surface area contributed by atoms with Crippen LogP contribution in [-0.2, 0) is 9.53 Å². The molecular weight excluding hydrogens is 288 g/mol. The third-order valence-electron chi connectivity index (χ3n) is 5.21. The molecule has 0 aromatic carbocycles. The van der Waals surface area contributed by atoms with Crippen molar-refractivity contribution in [3.05, 3.63) is 0 Å². The van der Waals surface area contributed by atoms with Crippen molar-refractivity contribution in [3.8, 4) is 0 Å². The molecule has 138 valence electrons. The monoisotopic (exact) mass is 328 g/mol. The molecule has 0 saturated heterocycles. The summed E-state index contributed by atoms with van der Waals surface area (Å²) in [6.45, 7) is 17.3. The number of aliphatic hydroxyl groups is 1. The average Bonchev–Trinajstić information content (AvgIpc) is 2.45. The highest BCUT2D eigenvalue weighted by molar-refractivity contribution is 5.69. The van der Waals surface area contributed by atoms with Crippen molar-refractivity contribution in [2.45, 2.75) is 87.2 Å². The topological polar surface area (TPSA) is 46.5 Å². The summed E-state index contributed by atoms with van der Waals surface area (Å²) >= 11 is 0. The van der Waals surface area contributed by atoms with Crippen LogP contribution < -0.4 is 0 Å². The molecule has 1 fully saturated rings. The largest absolute Gasteiger partial charge is 0.469 e. The molecule has 3 nitrogen and oxygen atoms in total. The maximum absolute atomic E-state index is 11.4. The number of hydrogen-bond acceptors (Lipinski definition) is 3. The summed E-state index contributed by atoms with van der Waals surface area (Å²) in [5.74, 6) is 0.956. The van der Waals surface area contributed by atoms with E-state index in [2.05, 4.69) is 41.5 Å². The van der Waals surface area contributed by atoms with E-state index in [-0.39, 0.29) is 34.7 Å². The molecule has 0 bridgehead atoms. The van der Waals surface area contributed by atoms with Gasteiger partial charge in [-0.3, -0.25) is 4.79 Å². The van der Waals surface area contributed by atoms with Crippen molar-refractivity contribution in [2.24, 2.45) is 28.6 Å². The van der Waals surface area contributed by atoms with E-state index in [9.17, 15) is 9.90 Å². The van der Waals surface area contributed by atoms with Crippen LogP contribution in [0.3, 0.4) is 0 Å². The first-order chi connectivity index (χ1) is 10.5. The fourth-order valence-electron chi connectivity index (χ4n) is 3.77. The second kappa shape index (κ2) is 9.05. The number of methoxy groups -OCH3 is 1. The van der Waals surface area contributed by atoms with Crippen molar-refractivity contribution in [1.82, 2.24) is 0 Å². The molecule has 1 rings (SSSR count). The van der Waals surface area contributed by atoms with Crippen LogP contribution in [-0.4, -0.2) is 24.3 Å². The fourth-order valence-corrected chi connectivity index (χ4v) is 3.77. The number of esters is 1. The van der Waals surface area contributed by atoms with Gasteiger partial charge in [0.2, 0.25) is 0 Å². The molecule has 0 heterocycles. The molecule has 0 spiro atoms. The lowest BCUT2D eigenvalue weighted by Crippen LogP contribution is -2.47. The normalized spacial score (nSPS) is 28.6. The molecule has 1 N–H and O–H groups in total. The van der Waals surface area contributed by atoms with Gasteiger partial charge in [0.1, 0.15) is 0 Å². The minimum absolute atomic E-state index is 0.0901. The molecule has 1 saturated carbocycles. The summed E-state index contributed by atoms with van der Waals surface area (Å²) in [6.07, 6.45) is 3.13. The van der Waals surface area contributed by atoms with Crippen LogP contribution in [0, 0.1) is 28.6 Å². The zero-order valence-corrected chi connectivity index (χ0v) is 16.9. The molecule has 1 aliphatic rings. The van der Waals surface area contributed by atoms with Gasteiger partial charge in [0.15, 0.2) is 0 Å². The highest BCUT2D eigenvalue weighted by atomic mass is 16.5. The fraction of sp³-hybridized carbons (Fsp3) is 0.950. The Morgan fingerprint density at radius 1 is 1.00 bits per heavy atom. The van der Waals surface area contributed by atoms with Crippen LogP contribution in [0.5, 0.6) is 0 Å². The van der Waals surface area contributed by atoms with Gasteiger partial charge < -0.3 is 9.84 Å². The second-order valence-electron chi connectivity index (χ2n) is 8.89. The Kier molecular flexibility index (Phi) is 8.83. The van der Waals surface area contributed by atoms with Crippen LogP contribution in [0.25, 0.3) is 0 Å². The van der Waals surface area contributed by atoms with Gasteiger partial charge in [0.25, 0.3) is 0 Å². The van der Waals surface area contributed by atoms with Crippen LogP contribution in [0.4, 0.5) is 0 Å². The van der Waals surface area contributed by atoms with E-state index in [1.807, 2.05) is 13.8 Å². The van der Waals surface area contributed by atoms with Crippen molar-refractivity contribution < 1.29 is 14.6 Å². The lowest BCUT2D eigenvalue weighted by atomic mass is 9.58. The molecule has 23 heavy (non-hydrogen) atoms. The van der Waals surface area contributed by atoms with E-state index in [4.69, 9.17) is 4.74 Å². The van der Waals surface area contributed by atoms with Gasteiger partial charge in [0.05, 0.1) is 13.2 Å². The van der Waals surface area contributed by atoms with Crippen molar-refractivity contribution in [2.75, 3.05) is 7.11 Å². The van der Waals surface area contributed by atoms with Crippen LogP contribution >= 0.6 is 0 Å². The number of carbonyl (C=O) groups is 1. The lowest BCUT2D eigenvalue weighted by molar-refractivity contribution is -0.141. The molecule has 2 atom stereocenters. The molecule has 0 radical (unpaired) electrons. The number of ether oxygens (including phenoxy) is 1. The van der Waals surface area contributed by atoms with E-state index < -0.39 is 0 Å². The second-order valence-corrected chi connectivity index (χ2v) is 8.89. The molecule has 0 aromatic heterocycles. The molecule has 0 aromatic rings. The Morgan fingerprint density at radius 2 is 1.39 bits per heavy atom. The maximum Gasteiger partial charge on any atom is 0.305 e. The van der Waals surface area contributed by atoms with Gasteiger partial charge in [-0.15, -0.1) is 0 Å². The minimum atomic E-state index is -0.251. The van der Waals surface area contributed by atoms with Gasteiger partial charge in [0, 0.05) is 6.42 Å². The summed E-state index contributed by atoms with van der Waals surface area (Å²) < 4.78 is 4.76. The van der Waals surface area contributed by atoms with Crippen LogP contribution in [0.1, 0.15) is 81.1 Å². The molecule has 2 unspecified atom stereocenters. The van der Waals surface area contributed by atoms with Crippen molar-refractivity contribution in [1.29, 1.82) is 0 Å². The third kappa shape index (κ3) is 6.82. The highest BCUT2D eigenvalue weighted by Crippen LogP contribution is 2.49. The summed E-state index contributed by atoms with van der Waals surface area (Å²) in [5.41, 5.74) is 0.180. The molecule has 0 aliphatic heterocycles. The zero-order chi connectivity index (χ0) is 18.4. The maximum atomic E-state index is 11.4. The van der Waals surface area contributed by atoms with Gasteiger partial charge >= 0.3 is 5.97 Å². The standard InChI is InChI=1S/C18H34O3.C2H6/c1-17(2,3)13-10-12(8-9-15(19)21-7)11-14(16(13)20)18(4,5)6;1-2/h12-14,16,20H,8-11H2,1-7H3;1-2H3. The van der Waals surface area contributed by atoms with Gasteiger partial charge in [-0.1, -0.05) is 55.4 Å². The Hall–Kier alpha value is -0.570. The average molecular weight is 329 g/mol. The number of rotatable bonds is 3. The van der Waals surface area contributed by atoms with E-state index in [0.29, 0.717) is 12.3 Å². The zero-order valence-electron chi connectivity index (χ0n) is 16.9. The Labute approximate surface area is 144 Å². The number of carbonyl (C=O) groups excluding carboxylic acids is 1. The molecule has 3 heteroatoms. The van der Waals surface area contributed by atoms with Gasteiger partial charge in [-0.2, -0.15) is 0 Å². The Bertz CT molecular complexity index is 325. The van der Waals surface area contributed by atoms with Crippen molar-refractivity contribution >= 4 is 5.97 Å². The molecule has 0 amide bonds. The third-order valence-corrected chi connectivity index (χ3v) is 5.21. The summed E-state index contributed by atoms with van der Waals surface area (Å²) in [5, 5.41) is 10.8. The van der Waals surface area contributed by atoms with E-state index >= 15 is 0 Å². The first-order valence-electron chi connectivity index (χ1n) is 9.21. The van der Waals surface area contributed by atoms with Crippen LogP contribution in [0.2, 0.25) is 0 Å². The SMILES string of the molecule is CC.COC(=O)CCC1CC(C(C)(C)C)C(O)C(C(C)(C)C)C1. The van der Waals surface area contributed by atoms with E-state index in [1.165, 1.54) is 7.11 Å². The number of hydrogen-bond donors (Lipinski definition) is 1. The smallest absolute Gasteiger partial charge is 0.305 e. The predicted octanol–water partition coefficient (Wildman–Crippen LogP) is 5.06. The van der Waals surface area contributed by atoms with E-state index in [0.717, 1.165) is 19.3 Å². The quantitative estimate of drug-likeness (QED) is 0.736. The first-order valence-corrected chi connectivity index (χ1v) is 9.21. The van der Waals surface area contributed by atoms with Gasteiger partial charge in [-0.05, 0) is 47.8 Å². The molecule has 1 aliphatic carbocycles. The Morgan fingerprint density at radius 3 is 1.70 bits per heavy atom. The lowest BCUT2D eigenvalue weighted by Gasteiger charge is -2.49. The van der Waals surface area contributed by atoms with E-state index in [1.54, 1.807) is 0 Å². The minimum Gasteiger partial charge on any atom is -0.469 e. The number of aliphatic hydroxyl groups excluding tert-OH is 1. The summed E-state index contributed by atoms with van der Waals surface area (Å²) in [7, 11) is 1.45. The highest BCUT2D eigenvalue weighted by Gasteiger charge is 2.45. The van der Waals surface area contributed by atoms with Gasteiger partial charge in [-0.25, -0.2) is 0 Å². The Balaban J connectivity index is 0.00000232. The first kappa shape index (κ1) is 22.4. The predicted molar refractivity (Wildman–Crippen MR) is 97.2 cm³/mol. The summed E-state index contributed by atoms with van der Waals surface area (Å²) in [4.78, 5) is 11.4. The molecular formula is C20H40O3.